The van der Waals surface area contributed by atoms with Crippen LogP contribution >= 0.6 is 11.3 Å². The molecule has 144 valence electrons. The molecule has 0 aliphatic carbocycles. The van der Waals surface area contributed by atoms with Gasteiger partial charge in [0.05, 0.1) is 12.6 Å². The molecule has 0 fully saturated rings. The van der Waals surface area contributed by atoms with Gasteiger partial charge in [-0.2, -0.15) is 0 Å². The number of rotatable bonds is 7. The average molecular weight is 394 g/mol. The molecule has 1 atom stereocenters. The van der Waals surface area contributed by atoms with Crippen molar-refractivity contribution in [3.05, 3.63) is 88.1 Å². The van der Waals surface area contributed by atoms with Crippen LogP contribution in [0, 0.1) is 0 Å². The fraction of sp³-hybridized carbons (Fsp3) is 0.182. The van der Waals surface area contributed by atoms with Crippen LogP contribution in [0.4, 0.5) is 5.69 Å². The molecule has 0 saturated heterocycles. The van der Waals surface area contributed by atoms with Crippen LogP contribution in [0.25, 0.3) is 0 Å². The maximum absolute atomic E-state index is 12.5. The van der Waals surface area contributed by atoms with Crippen molar-refractivity contribution < 1.29 is 9.59 Å². The van der Waals surface area contributed by atoms with E-state index >= 15 is 0 Å². The van der Waals surface area contributed by atoms with E-state index in [1.165, 1.54) is 4.90 Å². The monoisotopic (exact) mass is 393 g/mol. The van der Waals surface area contributed by atoms with Gasteiger partial charge in [-0.1, -0.05) is 36.4 Å². The highest BCUT2D eigenvalue weighted by molar-refractivity contribution is 7.10. The summed E-state index contributed by atoms with van der Waals surface area (Å²) in [5.41, 5.74) is 2.45. The van der Waals surface area contributed by atoms with E-state index in [9.17, 15) is 9.59 Å². The van der Waals surface area contributed by atoms with Crippen LogP contribution in [0.15, 0.2) is 72.1 Å². The van der Waals surface area contributed by atoms with Crippen LogP contribution in [0.2, 0.25) is 0 Å². The zero-order valence-corrected chi connectivity index (χ0v) is 16.7. The summed E-state index contributed by atoms with van der Waals surface area (Å²) in [7, 11) is 3.44. The normalized spacial score (nSPS) is 11.5. The van der Waals surface area contributed by atoms with Crippen LogP contribution in [-0.4, -0.2) is 37.4 Å². The highest BCUT2D eigenvalue weighted by atomic mass is 32.1. The first kappa shape index (κ1) is 19.6. The van der Waals surface area contributed by atoms with Crippen LogP contribution in [0.5, 0.6) is 0 Å². The summed E-state index contributed by atoms with van der Waals surface area (Å²) in [4.78, 5) is 27.1. The molecule has 1 unspecified atom stereocenters. The van der Waals surface area contributed by atoms with E-state index in [4.69, 9.17) is 0 Å². The van der Waals surface area contributed by atoms with E-state index in [1.807, 2.05) is 47.8 Å². The van der Waals surface area contributed by atoms with E-state index in [0.29, 0.717) is 5.56 Å². The van der Waals surface area contributed by atoms with Gasteiger partial charge in [0.1, 0.15) is 0 Å². The maximum atomic E-state index is 12.5. The minimum Gasteiger partial charge on any atom is -0.376 e. The lowest BCUT2D eigenvalue weighted by molar-refractivity contribution is -0.119. The Morgan fingerprint density at radius 3 is 2.29 bits per heavy atom. The Kier molecular flexibility index (Phi) is 6.45. The second-order valence-corrected chi connectivity index (χ2v) is 7.54. The van der Waals surface area contributed by atoms with Gasteiger partial charge in [0.15, 0.2) is 0 Å². The van der Waals surface area contributed by atoms with Gasteiger partial charge in [-0.25, -0.2) is 0 Å². The fourth-order valence-electron chi connectivity index (χ4n) is 2.80. The molecule has 3 rings (SSSR count). The molecular formula is C22H23N3O2S. The Balaban J connectivity index is 1.62. The van der Waals surface area contributed by atoms with E-state index in [-0.39, 0.29) is 24.4 Å². The number of anilines is 1. The molecule has 6 heteroatoms. The van der Waals surface area contributed by atoms with Crippen LogP contribution in [-0.2, 0) is 4.79 Å². The second-order valence-electron chi connectivity index (χ2n) is 6.56. The van der Waals surface area contributed by atoms with Crippen molar-refractivity contribution in [2.75, 3.05) is 26.0 Å². The number of hydrogen-bond donors (Lipinski definition) is 2. The number of benzene rings is 2. The summed E-state index contributed by atoms with van der Waals surface area (Å²) >= 11 is 1.62. The lowest BCUT2D eigenvalue weighted by Gasteiger charge is -2.18. The van der Waals surface area contributed by atoms with Crippen molar-refractivity contribution in [1.29, 1.82) is 0 Å². The van der Waals surface area contributed by atoms with Gasteiger partial charge in [0, 0.05) is 30.2 Å². The van der Waals surface area contributed by atoms with Gasteiger partial charge in [0.2, 0.25) is 5.91 Å². The molecule has 28 heavy (non-hydrogen) atoms. The smallest absolute Gasteiger partial charge is 0.253 e. The van der Waals surface area contributed by atoms with Gasteiger partial charge < -0.3 is 15.5 Å². The number of hydrogen-bond acceptors (Lipinski definition) is 4. The van der Waals surface area contributed by atoms with E-state index in [1.54, 1.807) is 49.7 Å². The molecule has 1 aromatic heterocycles. The number of nitrogens with one attached hydrogen (secondary N) is 2. The van der Waals surface area contributed by atoms with Crippen molar-refractivity contribution in [2.24, 2.45) is 0 Å². The van der Waals surface area contributed by atoms with E-state index in [0.717, 1.165) is 16.1 Å². The Hall–Kier alpha value is -3.12. The standard InChI is InChI=1S/C22H23N3O2S/c1-25(2)22(27)17-10-12-18(13-11-17)23-15-20(26)24-21(19-9-6-14-28-19)16-7-4-3-5-8-16/h3-14,21,23H,15H2,1-2H3,(H,24,26). The summed E-state index contributed by atoms with van der Waals surface area (Å²) in [6.45, 7) is 0.148. The molecule has 0 radical (unpaired) electrons. The molecule has 0 spiro atoms. The Labute approximate surface area is 169 Å². The van der Waals surface area contributed by atoms with Crippen molar-refractivity contribution >= 4 is 28.8 Å². The Morgan fingerprint density at radius 2 is 1.68 bits per heavy atom. The molecular weight excluding hydrogens is 370 g/mol. The second kappa shape index (κ2) is 9.19. The zero-order valence-electron chi connectivity index (χ0n) is 15.9. The number of carbonyl (C=O) groups is 2. The summed E-state index contributed by atoms with van der Waals surface area (Å²) in [5, 5.41) is 8.21. The first-order valence-electron chi connectivity index (χ1n) is 8.98. The van der Waals surface area contributed by atoms with Gasteiger partial charge in [-0.15, -0.1) is 11.3 Å². The first-order valence-corrected chi connectivity index (χ1v) is 9.86. The largest absolute Gasteiger partial charge is 0.376 e. The first-order chi connectivity index (χ1) is 13.5. The third-order valence-corrected chi connectivity index (χ3v) is 5.19. The predicted molar refractivity (Wildman–Crippen MR) is 114 cm³/mol. The maximum Gasteiger partial charge on any atom is 0.253 e. The summed E-state index contributed by atoms with van der Waals surface area (Å²) in [6, 6.07) is 20.9. The highest BCUT2D eigenvalue weighted by Crippen LogP contribution is 2.25. The van der Waals surface area contributed by atoms with Gasteiger partial charge in [-0.3, -0.25) is 9.59 Å². The van der Waals surface area contributed by atoms with Gasteiger partial charge in [0.25, 0.3) is 5.91 Å². The van der Waals surface area contributed by atoms with Crippen molar-refractivity contribution in [2.45, 2.75) is 6.04 Å². The Bertz CT molecular complexity index is 907. The van der Waals surface area contributed by atoms with Crippen LogP contribution < -0.4 is 10.6 Å². The molecule has 3 aromatic rings. The summed E-state index contributed by atoms with van der Waals surface area (Å²) in [5.74, 6) is -0.151. The highest BCUT2D eigenvalue weighted by Gasteiger charge is 2.17. The molecule has 5 nitrogen and oxygen atoms in total. The summed E-state index contributed by atoms with van der Waals surface area (Å²) in [6.07, 6.45) is 0. The quantitative estimate of drug-likeness (QED) is 0.642. The average Bonchev–Trinajstić information content (AvgIpc) is 3.25. The number of nitrogens with zero attached hydrogens (tertiary/aromatic N) is 1. The van der Waals surface area contributed by atoms with Crippen molar-refractivity contribution in [3.63, 3.8) is 0 Å². The van der Waals surface area contributed by atoms with E-state index in [2.05, 4.69) is 10.6 Å². The van der Waals surface area contributed by atoms with Crippen LogP contribution in [0.3, 0.4) is 0 Å². The third kappa shape index (κ3) is 4.98. The van der Waals surface area contributed by atoms with Crippen molar-refractivity contribution in [3.8, 4) is 0 Å². The van der Waals surface area contributed by atoms with E-state index < -0.39 is 0 Å². The SMILES string of the molecule is CN(C)C(=O)c1ccc(NCC(=O)NC(c2ccccc2)c2cccs2)cc1. The Morgan fingerprint density at radius 1 is 0.964 bits per heavy atom. The molecule has 2 aromatic carbocycles. The van der Waals surface area contributed by atoms with Gasteiger partial charge >= 0.3 is 0 Å². The van der Waals surface area contributed by atoms with Crippen LogP contribution in [0.1, 0.15) is 26.8 Å². The van der Waals surface area contributed by atoms with Crippen molar-refractivity contribution in [1.82, 2.24) is 10.2 Å². The molecule has 0 bridgehead atoms. The molecule has 2 N–H and O–H groups in total. The number of thiophene rings is 1. The number of amides is 2. The molecule has 1 heterocycles. The fourth-order valence-corrected chi connectivity index (χ4v) is 3.61. The van der Waals surface area contributed by atoms with Gasteiger partial charge in [-0.05, 0) is 41.3 Å². The lowest BCUT2D eigenvalue weighted by atomic mass is 10.1. The topological polar surface area (TPSA) is 61.4 Å². The molecule has 0 saturated carbocycles. The number of carbonyl (C=O) groups excluding carboxylic acids is 2. The minimum atomic E-state index is -0.171. The zero-order chi connectivity index (χ0) is 19.9. The lowest BCUT2D eigenvalue weighted by Crippen LogP contribution is -2.33. The summed E-state index contributed by atoms with van der Waals surface area (Å²) < 4.78 is 0. The molecule has 0 aliphatic rings. The third-order valence-electron chi connectivity index (χ3n) is 4.26. The minimum absolute atomic E-state index is 0.0501. The predicted octanol–water partition coefficient (Wildman–Crippen LogP) is 3.77. The molecule has 0 aliphatic heterocycles. The molecule has 2 amide bonds.